The minimum absolute atomic E-state index is 0.115. The first kappa shape index (κ1) is 32.6. The zero-order chi connectivity index (χ0) is 32.3. The molecule has 2 heterocycles. The number of benzene rings is 3. The molecule has 2 N–H and O–H groups in total. The molecule has 7 nitrogen and oxygen atoms in total. The number of aliphatic hydroxyl groups is 1. The predicted molar refractivity (Wildman–Crippen MR) is 183 cm³/mol. The highest BCUT2D eigenvalue weighted by molar-refractivity contribution is 7.90. The molecule has 1 aliphatic carbocycles. The lowest BCUT2D eigenvalue weighted by atomic mass is 9.70. The maximum absolute atomic E-state index is 13.9. The van der Waals surface area contributed by atoms with Crippen LogP contribution in [0.1, 0.15) is 66.1 Å². The van der Waals surface area contributed by atoms with E-state index >= 15 is 0 Å². The maximum Gasteiger partial charge on any atom is 0.264 e. The maximum atomic E-state index is 13.9. The molecule has 0 aromatic heterocycles. The molecule has 0 saturated heterocycles. The van der Waals surface area contributed by atoms with Crippen LogP contribution in [-0.2, 0) is 29.5 Å². The highest BCUT2D eigenvalue weighted by atomic mass is 35.5. The van der Waals surface area contributed by atoms with Crippen LogP contribution in [-0.4, -0.2) is 43.9 Å². The molecular weight excluding hydrogens is 620 g/mol. The third kappa shape index (κ3) is 7.45. The van der Waals surface area contributed by atoms with Crippen molar-refractivity contribution < 1.29 is 23.1 Å². The van der Waals surface area contributed by atoms with Gasteiger partial charge in [0, 0.05) is 23.7 Å². The predicted octanol–water partition coefficient (Wildman–Crippen LogP) is 6.72. The highest BCUT2D eigenvalue weighted by Gasteiger charge is 2.38. The molecule has 1 amide bonds. The number of carbonyl (C=O) groups excluding carboxylic acids is 1. The molecule has 2 aliphatic heterocycles. The number of fused-ring (bicyclic) bond motifs is 3. The second-order valence-electron chi connectivity index (χ2n) is 13.1. The summed E-state index contributed by atoms with van der Waals surface area (Å²) < 4.78 is 36.6. The van der Waals surface area contributed by atoms with Crippen LogP contribution >= 0.6 is 11.6 Å². The number of aliphatic hydroxyl groups excluding tert-OH is 1. The van der Waals surface area contributed by atoms with Crippen LogP contribution in [0, 0.1) is 17.8 Å². The average Bonchev–Trinajstić information content (AvgIpc) is 3.04. The third-order valence-corrected chi connectivity index (χ3v) is 12.1. The van der Waals surface area contributed by atoms with Crippen molar-refractivity contribution in [3.8, 4) is 5.75 Å². The molecule has 9 heteroatoms. The zero-order valence-electron chi connectivity index (χ0n) is 26.3. The molecule has 46 heavy (non-hydrogen) atoms. The van der Waals surface area contributed by atoms with Crippen molar-refractivity contribution in [1.82, 2.24) is 4.72 Å². The van der Waals surface area contributed by atoms with Gasteiger partial charge in [0.2, 0.25) is 10.0 Å². The van der Waals surface area contributed by atoms with Gasteiger partial charge < -0.3 is 14.7 Å². The largest absolute Gasteiger partial charge is 0.487 e. The van der Waals surface area contributed by atoms with Crippen LogP contribution in [0.15, 0.2) is 78.9 Å². The summed E-state index contributed by atoms with van der Waals surface area (Å²) in [7, 11) is -4.07. The SMILES string of the molecule is C[C@@H]1C/C=C/[C@H](O)[C@@H]2CC[C@H]2CN2CCCCc3cc(Cl)ccc3COc3ccc(cc32)C(=O)NS(=O)(=O)C1Cc1ccccc1. The minimum Gasteiger partial charge on any atom is -0.487 e. The Hall–Kier alpha value is -3.33. The molecule has 0 spiro atoms. The number of allylic oxidation sites excluding steroid dienone is 1. The van der Waals surface area contributed by atoms with E-state index in [0.717, 1.165) is 55.5 Å². The molecule has 3 aromatic rings. The second kappa shape index (κ2) is 14.2. The van der Waals surface area contributed by atoms with Gasteiger partial charge in [-0.15, -0.1) is 0 Å². The standard InChI is InChI=1S/C37H43ClN2O5S/c1-25-8-7-12-34(41)32-17-14-29(32)23-40-19-6-5-11-27-21-31(38)16-13-30(27)24-45-35-18-15-28(22-33(35)40)37(42)39-46(43,44)36(25)20-26-9-3-2-4-10-26/h2-4,7,9-10,12-13,15-16,18,21-22,25,29,32,34,36,41H,5-6,8,11,14,17,19-20,23-24H2,1H3,(H,39,42)/b12-7+/t25-,29+,32-,34+,36?/m1/s1. The fourth-order valence-corrected chi connectivity index (χ4v) is 8.94. The van der Waals surface area contributed by atoms with Crippen molar-refractivity contribution in [3.63, 3.8) is 0 Å². The van der Waals surface area contributed by atoms with E-state index in [1.165, 1.54) is 5.56 Å². The number of hydrogen-bond donors (Lipinski definition) is 2. The van der Waals surface area contributed by atoms with E-state index in [1.807, 2.05) is 67.6 Å². The van der Waals surface area contributed by atoms with E-state index in [0.29, 0.717) is 30.3 Å². The number of rotatable bonds is 2. The minimum atomic E-state index is -4.07. The number of nitrogens with zero attached hydrogens (tertiary/aromatic N) is 1. The summed E-state index contributed by atoms with van der Waals surface area (Å²) in [5, 5.41) is 11.1. The van der Waals surface area contributed by atoms with Gasteiger partial charge in [-0.3, -0.25) is 4.79 Å². The van der Waals surface area contributed by atoms with Crippen LogP contribution < -0.4 is 14.4 Å². The van der Waals surface area contributed by atoms with E-state index < -0.39 is 27.3 Å². The van der Waals surface area contributed by atoms with Crippen molar-refractivity contribution in [2.24, 2.45) is 17.8 Å². The number of sulfonamides is 1. The Morgan fingerprint density at radius 3 is 2.63 bits per heavy atom. The molecular formula is C37H43ClN2O5S. The van der Waals surface area contributed by atoms with E-state index in [-0.39, 0.29) is 29.7 Å². The fourth-order valence-electron chi connectivity index (χ4n) is 7.09. The van der Waals surface area contributed by atoms with Crippen molar-refractivity contribution in [3.05, 3.63) is 106 Å². The number of anilines is 1. The van der Waals surface area contributed by atoms with E-state index in [1.54, 1.807) is 18.2 Å². The van der Waals surface area contributed by atoms with Gasteiger partial charge in [0.15, 0.2) is 0 Å². The number of halogens is 1. The first-order valence-electron chi connectivity index (χ1n) is 16.4. The molecule has 0 radical (unpaired) electrons. The summed E-state index contributed by atoms with van der Waals surface area (Å²) in [6.45, 7) is 3.69. The molecule has 1 fully saturated rings. The Labute approximate surface area is 277 Å². The van der Waals surface area contributed by atoms with Crippen LogP contribution in [0.3, 0.4) is 0 Å². The third-order valence-electron chi connectivity index (χ3n) is 10.00. The van der Waals surface area contributed by atoms with E-state index in [2.05, 4.69) is 9.62 Å². The molecule has 2 bridgehead atoms. The Balaban J connectivity index is 1.38. The zero-order valence-corrected chi connectivity index (χ0v) is 27.8. The van der Waals surface area contributed by atoms with Crippen molar-refractivity contribution in [2.45, 2.75) is 69.8 Å². The molecule has 3 aliphatic rings. The van der Waals surface area contributed by atoms with Crippen LogP contribution in [0.4, 0.5) is 5.69 Å². The Kier molecular flexibility index (Phi) is 10.1. The number of ether oxygens (including phenoxy) is 1. The normalized spacial score (nSPS) is 27.4. The lowest BCUT2D eigenvalue weighted by Crippen LogP contribution is -2.44. The molecule has 244 valence electrons. The number of nitrogens with one attached hydrogen (secondary N) is 1. The van der Waals surface area contributed by atoms with Gasteiger partial charge in [-0.25, -0.2) is 13.1 Å². The van der Waals surface area contributed by atoms with Crippen LogP contribution in [0.25, 0.3) is 0 Å². The number of hydrogen-bond acceptors (Lipinski definition) is 6. The Morgan fingerprint density at radius 2 is 1.85 bits per heavy atom. The summed E-state index contributed by atoms with van der Waals surface area (Å²) in [6.07, 6.45) is 8.59. The molecule has 5 atom stereocenters. The van der Waals surface area contributed by atoms with Crippen LogP contribution in [0.2, 0.25) is 5.02 Å². The molecule has 1 unspecified atom stereocenters. The second-order valence-corrected chi connectivity index (χ2v) is 15.5. The summed E-state index contributed by atoms with van der Waals surface area (Å²) in [6, 6.07) is 20.6. The summed E-state index contributed by atoms with van der Waals surface area (Å²) in [4.78, 5) is 16.0. The van der Waals surface area contributed by atoms with Crippen molar-refractivity contribution >= 4 is 33.2 Å². The molecule has 3 aromatic carbocycles. The number of carbonyl (C=O) groups is 1. The molecule has 1 saturated carbocycles. The number of aryl methyl sites for hydroxylation is 1. The summed E-state index contributed by atoms with van der Waals surface area (Å²) in [5.41, 5.74) is 4.15. The van der Waals surface area contributed by atoms with Gasteiger partial charge in [0.1, 0.15) is 12.4 Å². The van der Waals surface area contributed by atoms with Crippen LogP contribution in [0.5, 0.6) is 5.75 Å². The summed E-state index contributed by atoms with van der Waals surface area (Å²) >= 11 is 6.33. The van der Waals surface area contributed by atoms with Gasteiger partial charge in [0.05, 0.1) is 17.0 Å². The smallest absolute Gasteiger partial charge is 0.264 e. The lowest BCUT2D eigenvalue weighted by molar-refractivity contribution is 0.0461. The van der Waals surface area contributed by atoms with Gasteiger partial charge in [-0.2, -0.15) is 0 Å². The Morgan fingerprint density at radius 1 is 1.02 bits per heavy atom. The van der Waals surface area contributed by atoms with Gasteiger partial charge >= 0.3 is 0 Å². The van der Waals surface area contributed by atoms with Gasteiger partial charge in [-0.1, -0.05) is 67.1 Å². The average molecular weight is 663 g/mol. The van der Waals surface area contributed by atoms with Gasteiger partial charge in [-0.05, 0) is 110 Å². The lowest BCUT2D eigenvalue weighted by Gasteiger charge is -2.42. The topological polar surface area (TPSA) is 95.9 Å². The van der Waals surface area contributed by atoms with Gasteiger partial charge in [0.25, 0.3) is 5.91 Å². The monoisotopic (exact) mass is 662 g/mol. The van der Waals surface area contributed by atoms with E-state index in [9.17, 15) is 18.3 Å². The quantitative estimate of drug-likeness (QED) is 0.296. The first-order valence-corrected chi connectivity index (χ1v) is 18.3. The fraction of sp³-hybridized carbons (Fsp3) is 0.432. The number of amides is 1. The van der Waals surface area contributed by atoms with Crippen molar-refractivity contribution in [1.29, 1.82) is 0 Å². The molecule has 6 rings (SSSR count). The first-order chi connectivity index (χ1) is 22.2. The Bertz CT molecular complexity index is 1680. The summed E-state index contributed by atoms with van der Waals surface area (Å²) in [5.74, 6) is 0.0802. The van der Waals surface area contributed by atoms with E-state index in [4.69, 9.17) is 16.3 Å². The van der Waals surface area contributed by atoms with Crippen molar-refractivity contribution in [2.75, 3.05) is 18.0 Å². The highest BCUT2D eigenvalue weighted by Crippen LogP contribution is 2.41.